The van der Waals surface area contributed by atoms with Gasteiger partial charge >= 0.3 is 0 Å². The van der Waals surface area contributed by atoms with Gasteiger partial charge in [-0.25, -0.2) is 9.37 Å². The smallest absolute Gasteiger partial charge is 0.254 e. The Morgan fingerprint density at radius 2 is 1.82 bits per heavy atom. The van der Waals surface area contributed by atoms with Crippen molar-refractivity contribution in [2.45, 2.75) is 12.6 Å². The number of hydrogen-bond acceptors (Lipinski definition) is 2. The van der Waals surface area contributed by atoms with Gasteiger partial charge < -0.3 is 14.5 Å². The highest BCUT2D eigenvalue weighted by molar-refractivity contribution is 6.07. The largest absolute Gasteiger partial charge is 0.342 e. The average Bonchev–Trinajstić information content (AvgIpc) is 3.42. The van der Waals surface area contributed by atoms with E-state index in [-0.39, 0.29) is 11.7 Å². The molecule has 0 aliphatic rings. The molecule has 1 unspecified atom stereocenters. The third-order valence-electron chi connectivity index (χ3n) is 5.80. The highest BCUT2D eigenvalue weighted by Crippen LogP contribution is 2.26. The second-order valence-electron chi connectivity index (χ2n) is 8.03. The molecule has 1 N–H and O–H groups in total. The van der Waals surface area contributed by atoms with Crippen molar-refractivity contribution in [3.63, 3.8) is 0 Å². The van der Waals surface area contributed by atoms with Crippen molar-refractivity contribution in [3.8, 4) is 0 Å². The van der Waals surface area contributed by atoms with E-state index >= 15 is 0 Å². The fourth-order valence-electron chi connectivity index (χ4n) is 4.19. The molecule has 3 aromatic carbocycles. The molecule has 0 saturated carbocycles. The lowest BCUT2D eigenvalue weighted by Gasteiger charge is -2.19. The van der Waals surface area contributed by atoms with Gasteiger partial charge in [-0.2, -0.15) is 0 Å². The molecule has 0 aliphatic carbocycles. The minimum atomic E-state index is -0.593. The first-order valence-electron chi connectivity index (χ1n) is 10.8. The monoisotopic (exact) mass is 438 g/mol. The number of fused-ring (bicyclic) bond motifs is 1. The van der Waals surface area contributed by atoms with E-state index in [2.05, 4.69) is 27.0 Å². The van der Waals surface area contributed by atoms with Gasteiger partial charge in [-0.1, -0.05) is 60.7 Å². The van der Waals surface area contributed by atoms with E-state index in [4.69, 9.17) is 0 Å². The molecule has 0 radical (unpaired) electrons. The van der Waals surface area contributed by atoms with E-state index in [0.29, 0.717) is 23.5 Å². The molecule has 5 nitrogen and oxygen atoms in total. The minimum absolute atomic E-state index is 0.240. The molecule has 0 aliphatic heterocycles. The summed E-state index contributed by atoms with van der Waals surface area (Å²) in [6, 6.07) is 23.6. The molecule has 0 fully saturated rings. The number of para-hydroxylation sites is 1. The number of nitrogens with one attached hydrogen (secondary N) is 1. The van der Waals surface area contributed by atoms with Crippen molar-refractivity contribution in [2.75, 3.05) is 0 Å². The second kappa shape index (κ2) is 8.74. The third kappa shape index (κ3) is 4.15. The summed E-state index contributed by atoms with van der Waals surface area (Å²) in [6.45, 7) is 0.654. The van der Waals surface area contributed by atoms with E-state index in [1.807, 2.05) is 60.3 Å². The molecule has 164 valence electrons. The van der Waals surface area contributed by atoms with Crippen LogP contribution in [0.25, 0.3) is 10.9 Å². The molecular weight excluding hydrogens is 415 g/mol. The Bertz CT molecular complexity index is 1420. The Morgan fingerprint density at radius 3 is 2.58 bits per heavy atom. The number of halogens is 1. The minimum Gasteiger partial charge on any atom is -0.342 e. The summed E-state index contributed by atoms with van der Waals surface area (Å²) >= 11 is 0. The lowest BCUT2D eigenvalue weighted by molar-refractivity contribution is 0.0942. The Labute approximate surface area is 191 Å². The average molecular weight is 439 g/mol. The number of carbonyl (C=O) groups is 1. The van der Waals surface area contributed by atoms with Crippen LogP contribution in [0.3, 0.4) is 0 Å². The first-order chi connectivity index (χ1) is 16.1. The van der Waals surface area contributed by atoms with Crippen LogP contribution in [0.1, 0.15) is 33.4 Å². The fraction of sp³-hybridized carbons (Fsp3) is 0.111. The molecule has 6 heteroatoms. The van der Waals surface area contributed by atoms with Gasteiger partial charge in [0.1, 0.15) is 17.7 Å². The lowest BCUT2D eigenvalue weighted by Crippen LogP contribution is -2.31. The quantitative estimate of drug-likeness (QED) is 0.402. The number of nitrogens with zero attached hydrogens (tertiary/aromatic N) is 3. The van der Waals surface area contributed by atoms with E-state index in [9.17, 15) is 9.18 Å². The zero-order valence-electron chi connectivity index (χ0n) is 18.1. The summed E-state index contributed by atoms with van der Waals surface area (Å²) in [4.78, 5) is 18.0. The first kappa shape index (κ1) is 20.7. The SMILES string of the molecule is Cn1ccnc1C(NC(=O)c1cn(Cc2ccccc2)c2ccccc12)c1cccc(F)c1. The predicted octanol–water partition coefficient (Wildman–Crippen LogP) is 5.08. The number of aryl methyl sites for hydroxylation is 1. The molecule has 33 heavy (non-hydrogen) atoms. The Hall–Kier alpha value is -4.19. The van der Waals surface area contributed by atoms with Crippen LogP contribution < -0.4 is 5.32 Å². The van der Waals surface area contributed by atoms with Gasteiger partial charge in [0.2, 0.25) is 0 Å². The summed E-state index contributed by atoms with van der Waals surface area (Å²) in [5, 5.41) is 3.95. The Kier molecular flexibility index (Phi) is 5.48. The molecule has 0 bridgehead atoms. The van der Waals surface area contributed by atoms with Gasteiger partial charge in [0, 0.05) is 43.1 Å². The number of rotatable bonds is 6. The van der Waals surface area contributed by atoms with Crippen molar-refractivity contribution < 1.29 is 9.18 Å². The second-order valence-corrected chi connectivity index (χ2v) is 8.03. The Morgan fingerprint density at radius 1 is 1.03 bits per heavy atom. The van der Waals surface area contributed by atoms with Crippen molar-refractivity contribution >= 4 is 16.8 Å². The standard InChI is InChI=1S/C27H23FN4O/c1-31-15-14-29-26(31)25(20-10-7-11-21(28)16-20)30-27(33)23-18-32(17-19-8-3-2-4-9-19)24-13-6-5-12-22(23)24/h2-16,18,25H,17H2,1H3,(H,30,33). The van der Waals surface area contributed by atoms with Crippen LogP contribution in [0.5, 0.6) is 0 Å². The normalized spacial score (nSPS) is 12.1. The van der Waals surface area contributed by atoms with Crippen LogP contribution >= 0.6 is 0 Å². The van der Waals surface area contributed by atoms with Crippen LogP contribution in [0.15, 0.2) is 97.5 Å². The van der Waals surface area contributed by atoms with Crippen molar-refractivity contribution in [2.24, 2.45) is 7.05 Å². The molecule has 0 saturated heterocycles. The summed E-state index contributed by atoms with van der Waals surface area (Å²) in [5.74, 6) is 0.0256. The molecule has 1 atom stereocenters. The van der Waals surface area contributed by atoms with E-state index in [1.54, 1.807) is 24.5 Å². The summed E-state index contributed by atoms with van der Waals surface area (Å²) in [6.07, 6.45) is 5.35. The van der Waals surface area contributed by atoms with Crippen molar-refractivity contribution in [3.05, 3.63) is 126 Å². The molecular formula is C27H23FN4O. The van der Waals surface area contributed by atoms with Crippen LogP contribution in [-0.4, -0.2) is 20.0 Å². The van der Waals surface area contributed by atoms with Gasteiger partial charge in [-0.15, -0.1) is 0 Å². The highest BCUT2D eigenvalue weighted by atomic mass is 19.1. The van der Waals surface area contributed by atoms with Crippen molar-refractivity contribution in [1.82, 2.24) is 19.4 Å². The molecule has 5 aromatic rings. The van der Waals surface area contributed by atoms with Gasteiger partial charge in [-0.05, 0) is 29.3 Å². The number of benzene rings is 3. The zero-order valence-corrected chi connectivity index (χ0v) is 18.1. The molecule has 0 spiro atoms. The first-order valence-corrected chi connectivity index (χ1v) is 10.8. The van der Waals surface area contributed by atoms with E-state index in [1.165, 1.54) is 12.1 Å². The maximum absolute atomic E-state index is 14.0. The number of imidazole rings is 1. The van der Waals surface area contributed by atoms with Gasteiger partial charge in [0.15, 0.2) is 0 Å². The van der Waals surface area contributed by atoms with Crippen LogP contribution in [0.2, 0.25) is 0 Å². The van der Waals surface area contributed by atoms with Gasteiger partial charge in [0.25, 0.3) is 5.91 Å². The number of hydrogen-bond donors (Lipinski definition) is 1. The zero-order chi connectivity index (χ0) is 22.8. The number of amides is 1. The van der Waals surface area contributed by atoms with Crippen LogP contribution in [-0.2, 0) is 13.6 Å². The maximum atomic E-state index is 14.0. The lowest BCUT2D eigenvalue weighted by atomic mass is 10.0. The molecule has 1 amide bonds. The number of carbonyl (C=O) groups excluding carboxylic acids is 1. The highest BCUT2D eigenvalue weighted by Gasteiger charge is 2.24. The van der Waals surface area contributed by atoms with Gasteiger partial charge in [-0.3, -0.25) is 4.79 Å². The fourth-order valence-corrected chi connectivity index (χ4v) is 4.19. The van der Waals surface area contributed by atoms with E-state index in [0.717, 1.165) is 16.5 Å². The van der Waals surface area contributed by atoms with Crippen LogP contribution in [0.4, 0.5) is 4.39 Å². The maximum Gasteiger partial charge on any atom is 0.254 e. The molecule has 2 heterocycles. The van der Waals surface area contributed by atoms with Crippen LogP contribution in [0, 0.1) is 5.82 Å². The Balaban J connectivity index is 1.53. The van der Waals surface area contributed by atoms with Gasteiger partial charge in [0.05, 0.1) is 5.56 Å². The summed E-state index contributed by atoms with van der Waals surface area (Å²) in [5.41, 5.74) is 3.32. The van der Waals surface area contributed by atoms with E-state index < -0.39 is 6.04 Å². The summed E-state index contributed by atoms with van der Waals surface area (Å²) < 4.78 is 17.9. The molecule has 2 aromatic heterocycles. The predicted molar refractivity (Wildman–Crippen MR) is 126 cm³/mol. The summed E-state index contributed by atoms with van der Waals surface area (Å²) in [7, 11) is 1.85. The topological polar surface area (TPSA) is 51.9 Å². The molecule has 5 rings (SSSR count). The number of aromatic nitrogens is 3. The third-order valence-corrected chi connectivity index (χ3v) is 5.80. The van der Waals surface area contributed by atoms with Crippen molar-refractivity contribution in [1.29, 1.82) is 0 Å².